The molecule has 100 valence electrons. The fraction of sp³-hybridized carbons (Fsp3) is 0.500. The molecular formula is C12H18N2O2S2. The van der Waals surface area contributed by atoms with Gasteiger partial charge in [0.25, 0.3) is 10.0 Å². The first-order valence-corrected chi connectivity index (χ1v) is 7.96. The summed E-state index contributed by atoms with van der Waals surface area (Å²) in [6.07, 6.45) is 5.95. The van der Waals surface area contributed by atoms with Crippen LogP contribution in [0.3, 0.4) is 0 Å². The number of thiophene rings is 1. The molecule has 0 aliphatic rings. The molecule has 1 rings (SSSR count). The zero-order valence-electron chi connectivity index (χ0n) is 10.6. The Bertz CT molecular complexity index is 541. The molecule has 6 heteroatoms. The van der Waals surface area contributed by atoms with E-state index in [1.807, 2.05) is 13.8 Å². The lowest BCUT2D eigenvalue weighted by molar-refractivity contribution is 0.447. The van der Waals surface area contributed by atoms with Crippen molar-refractivity contribution in [1.82, 2.24) is 4.31 Å². The van der Waals surface area contributed by atoms with E-state index in [9.17, 15) is 8.42 Å². The van der Waals surface area contributed by atoms with E-state index in [-0.39, 0.29) is 6.54 Å². The van der Waals surface area contributed by atoms with Gasteiger partial charge in [0.05, 0.1) is 6.54 Å². The maximum atomic E-state index is 12.4. The van der Waals surface area contributed by atoms with Crippen molar-refractivity contribution in [2.24, 2.45) is 5.73 Å². The van der Waals surface area contributed by atoms with Gasteiger partial charge in [-0.05, 0) is 25.0 Å². The van der Waals surface area contributed by atoms with Gasteiger partial charge < -0.3 is 5.73 Å². The molecule has 1 aromatic rings. The molecule has 1 heterocycles. The first-order chi connectivity index (χ1) is 8.47. The summed E-state index contributed by atoms with van der Waals surface area (Å²) in [5.41, 5.74) is 6.49. The number of hydrogen-bond donors (Lipinski definition) is 1. The van der Waals surface area contributed by atoms with E-state index in [1.165, 1.54) is 15.6 Å². The minimum absolute atomic E-state index is 0.102. The topological polar surface area (TPSA) is 63.4 Å². The SMILES string of the molecule is C#CCN(CCC)S(=O)(=O)c1cc(C)c(CN)s1. The maximum Gasteiger partial charge on any atom is 0.253 e. The number of hydrogen-bond acceptors (Lipinski definition) is 4. The second-order valence-corrected chi connectivity index (χ2v) is 7.22. The predicted molar refractivity (Wildman–Crippen MR) is 74.8 cm³/mol. The number of sulfonamides is 1. The summed E-state index contributed by atoms with van der Waals surface area (Å²) in [6, 6.07) is 1.67. The molecule has 0 unspecified atom stereocenters. The molecule has 0 aliphatic heterocycles. The van der Waals surface area contributed by atoms with Crippen LogP contribution >= 0.6 is 11.3 Å². The zero-order valence-corrected chi connectivity index (χ0v) is 12.3. The number of terminal acetylenes is 1. The maximum absolute atomic E-state index is 12.4. The first-order valence-electron chi connectivity index (χ1n) is 5.70. The molecule has 0 bridgehead atoms. The highest BCUT2D eigenvalue weighted by Gasteiger charge is 2.25. The van der Waals surface area contributed by atoms with Gasteiger partial charge >= 0.3 is 0 Å². The Morgan fingerprint density at radius 1 is 1.56 bits per heavy atom. The number of aryl methyl sites for hydroxylation is 1. The fourth-order valence-corrected chi connectivity index (χ4v) is 4.65. The van der Waals surface area contributed by atoms with Gasteiger partial charge in [-0.15, -0.1) is 17.8 Å². The fourth-order valence-electron chi connectivity index (χ4n) is 1.58. The molecule has 0 spiro atoms. The van der Waals surface area contributed by atoms with Gasteiger partial charge in [-0.1, -0.05) is 12.8 Å². The minimum Gasteiger partial charge on any atom is -0.326 e. The van der Waals surface area contributed by atoms with Gasteiger partial charge in [0.2, 0.25) is 0 Å². The summed E-state index contributed by atoms with van der Waals surface area (Å²) >= 11 is 1.22. The highest BCUT2D eigenvalue weighted by molar-refractivity contribution is 7.91. The highest BCUT2D eigenvalue weighted by atomic mass is 32.2. The third-order valence-corrected chi connectivity index (χ3v) is 6.07. The van der Waals surface area contributed by atoms with Gasteiger partial charge in [-0.25, -0.2) is 8.42 Å². The molecule has 4 nitrogen and oxygen atoms in total. The van der Waals surface area contributed by atoms with Crippen molar-refractivity contribution in [3.05, 3.63) is 16.5 Å². The first kappa shape index (κ1) is 15.2. The van der Waals surface area contributed by atoms with Crippen LogP contribution in [0.2, 0.25) is 0 Å². The molecule has 0 atom stereocenters. The van der Waals surface area contributed by atoms with E-state index in [0.717, 1.165) is 16.9 Å². The molecule has 0 amide bonds. The minimum atomic E-state index is -3.48. The lowest BCUT2D eigenvalue weighted by Crippen LogP contribution is -2.31. The van der Waals surface area contributed by atoms with E-state index in [1.54, 1.807) is 6.07 Å². The van der Waals surface area contributed by atoms with Crippen LogP contribution in [0.1, 0.15) is 23.8 Å². The highest BCUT2D eigenvalue weighted by Crippen LogP contribution is 2.28. The van der Waals surface area contributed by atoms with Crippen molar-refractivity contribution in [2.75, 3.05) is 13.1 Å². The van der Waals surface area contributed by atoms with Gasteiger partial charge in [0, 0.05) is 18.0 Å². The third-order valence-electron chi connectivity index (χ3n) is 2.52. The molecule has 18 heavy (non-hydrogen) atoms. The van der Waals surface area contributed by atoms with Crippen molar-refractivity contribution >= 4 is 21.4 Å². The van der Waals surface area contributed by atoms with Crippen molar-refractivity contribution in [2.45, 2.75) is 31.0 Å². The molecule has 0 saturated carbocycles. The zero-order chi connectivity index (χ0) is 13.8. The lowest BCUT2D eigenvalue weighted by Gasteiger charge is -2.17. The number of rotatable bonds is 6. The van der Waals surface area contributed by atoms with Crippen LogP contribution in [0, 0.1) is 19.3 Å². The van der Waals surface area contributed by atoms with Crippen LogP contribution in [0.5, 0.6) is 0 Å². The van der Waals surface area contributed by atoms with Crippen LogP contribution in [0.25, 0.3) is 0 Å². The molecule has 0 aromatic carbocycles. The Morgan fingerprint density at radius 2 is 2.22 bits per heavy atom. The van der Waals surface area contributed by atoms with Crippen LogP contribution in [-0.2, 0) is 16.6 Å². The molecular weight excluding hydrogens is 268 g/mol. The Labute approximate surface area is 113 Å². The number of nitrogens with two attached hydrogens (primary N) is 1. The van der Waals surface area contributed by atoms with Gasteiger partial charge in [-0.2, -0.15) is 4.31 Å². The third kappa shape index (κ3) is 3.12. The van der Waals surface area contributed by atoms with Crippen LogP contribution < -0.4 is 5.73 Å². The Morgan fingerprint density at radius 3 is 2.67 bits per heavy atom. The predicted octanol–water partition coefficient (Wildman–Crippen LogP) is 1.55. The van der Waals surface area contributed by atoms with Crippen LogP contribution in [-0.4, -0.2) is 25.8 Å². The monoisotopic (exact) mass is 286 g/mol. The lowest BCUT2D eigenvalue weighted by atomic mass is 10.3. The van der Waals surface area contributed by atoms with E-state index in [4.69, 9.17) is 12.2 Å². The molecule has 0 radical (unpaired) electrons. The average molecular weight is 286 g/mol. The Hall–Kier alpha value is -0.870. The molecule has 0 fully saturated rings. The summed E-state index contributed by atoms with van der Waals surface area (Å²) in [7, 11) is -3.48. The second kappa shape index (κ2) is 6.34. The van der Waals surface area contributed by atoms with E-state index in [0.29, 0.717) is 17.3 Å². The van der Waals surface area contributed by atoms with E-state index in [2.05, 4.69) is 5.92 Å². The summed E-state index contributed by atoms with van der Waals surface area (Å²) in [5.74, 6) is 2.39. The summed E-state index contributed by atoms with van der Waals surface area (Å²) in [5, 5.41) is 0. The Kier molecular flexibility index (Phi) is 5.35. The van der Waals surface area contributed by atoms with E-state index >= 15 is 0 Å². The van der Waals surface area contributed by atoms with Crippen LogP contribution in [0.4, 0.5) is 0 Å². The van der Waals surface area contributed by atoms with Gasteiger partial charge in [0.15, 0.2) is 0 Å². The normalized spacial score (nSPS) is 11.7. The smallest absolute Gasteiger partial charge is 0.253 e. The van der Waals surface area contributed by atoms with Crippen molar-refractivity contribution in [3.8, 4) is 12.3 Å². The van der Waals surface area contributed by atoms with Crippen molar-refractivity contribution in [1.29, 1.82) is 0 Å². The van der Waals surface area contributed by atoms with E-state index < -0.39 is 10.0 Å². The molecule has 2 N–H and O–H groups in total. The van der Waals surface area contributed by atoms with Crippen molar-refractivity contribution in [3.63, 3.8) is 0 Å². The number of nitrogens with zero attached hydrogens (tertiary/aromatic N) is 1. The van der Waals surface area contributed by atoms with Gasteiger partial charge in [-0.3, -0.25) is 0 Å². The van der Waals surface area contributed by atoms with Crippen molar-refractivity contribution < 1.29 is 8.42 Å². The summed E-state index contributed by atoms with van der Waals surface area (Å²) in [6.45, 7) is 4.68. The summed E-state index contributed by atoms with van der Waals surface area (Å²) < 4.78 is 26.4. The largest absolute Gasteiger partial charge is 0.326 e. The van der Waals surface area contributed by atoms with Crippen LogP contribution in [0.15, 0.2) is 10.3 Å². The summed E-state index contributed by atoms with van der Waals surface area (Å²) in [4.78, 5) is 0.894. The Balaban J connectivity index is 3.14. The quantitative estimate of drug-likeness (QED) is 0.807. The average Bonchev–Trinajstić information content (AvgIpc) is 2.71. The molecule has 0 saturated heterocycles. The van der Waals surface area contributed by atoms with Gasteiger partial charge in [0.1, 0.15) is 4.21 Å². The molecule has 1 aromatic heterocycles. The standard InChI is InChI=1S/C12H18N2O2S2/c1-4-6-14(7-5-2)18(15,16)12-8-10(3)11(9-13)17-12/h1,8H,5-7,9,13H2,2-3H3. The molecule has 0 aliphatic carbocycles. The second-order valence-electron chi connectivity index (χ2n) is 3.92.